The molecule has 2 saturated heterocycles. The first-order valence-electron chi connectivity index (χ1n) is 22.7. The minimum atomic E-state index is 0.334. The lowest BCUT2D eigenvalue weighted by Crippen LogP contribution is -2.35. The second-order valence-corrected chi connectivity index (χ2v) is 16.0. The van der Waals surface area contributed by atoms with Crippen LogP contribution in [0.15, 0.2) is 158 Å². The van der Waals surface area contributed by atoms with E-state index in [1.165, 1.54) is 22.3 Å². The Hall–Kier alpha value is -5.64. The van der Waals surface area contributed by atoms with E-state index < -0.39 is 0 Å². The summed E-state index contributed by atoms with van der Waals surface area (Å²) in [5.74, 6) is 5.43. The first-order valence-corrected chi connectivity index (χ1v) is 22.7. The highest BCUT2D eigenvalue weighted by Gasteiger charge is 2.19. The first kappa shape index (κ1) is 48.4. The number of rotatable bonds is 14. The fraction of sp³-hybridized carbons (Fsp3) is 0.345. The molecule has 6 aromatic rings. The van der Waals surface area contributed by atoms with Crippen molar-refractivity contribution in [3.63, 3.8) is 0 Å². The second-order valence-electron chi connectivity index (χ2n) is 16.0. The molecule has 0 unspecified atom stereocenters. The van der Waals surface area contributed by atoms with Crippen LogP contribution in [-0.2, 0) is 19.6 Å². The Kier molecular flexibility index (Phi) is 21.1. The highest BCUT2D eigenvalue weighted by Crippen LogP contribution is 2.24. The van der Waals surface area contributed by atoms with Gasteiger partial charge in [0, 0.05) is 45.8 Å². The van der Waals surface area contributed by atoms with Gasteiger partial charge in [-0.1, -0.05) is 98.8 Å². The molecule has 0 atom stereocenters. The Morgan fingerprint density at radius 2 is 0.841 bits per heavy atom. The van der Waals surface area contributed by atoms with Crippen LogP contribution in [0.3, 0.4) is 0 Å². The molecule has 0 aliphatic carbocycles. The molecule has 0 saturated carbocycles. The smallest absolute Gasteiger partial charge is 0.127 e. The summed E-state index contributed by atoms with van der Waals surface area (Å²) in [4.78, 5) is 4.72. The van der Waals surface area contributed by atoms with Crippen molar-refractivity contribution in [3.8, 4) is 34.5 Å². The summed E-state index contributed by atoms with van der Waals surface area (Å²) in [5, 5.41) is 6.63. The number of ether oxygens (including phenoxy) is 4. The number of nitrogens with zero attached hydrogens (tertiary/aromatic N) is 2. The third-order valence-electron chi connectivity index (χ3n) is 10.7. The maximum atomic E-state index is 6.20. The number of benzene rings is 6. The normalized spacial score (nSPS) is 14.4. The van der Waals surface area contributed by atoms with Gasteiger partial charge in [-0.25, -0.2) is 0 Å². The molecular weight excluding hydrogens is 781 g/mol. The number of aryl methyl sites for hydroxylation is 1. The van der Waals surface area contributed by atoms with Gasteiger partial charge in [0.1, 0.15) is 46.7 Å². The lowest BCUT2D eigenvalue weighted by molar-refractivity contribution is 0.114. The van der Waals surface area contributed by atoms with Gasteiger partial charge in [-0.2, -0.15) is 0 Å². The molecule has 8 heteroatoms. The zero-order chi connectivity index (χ0) is 44.5. The maximum absolute atomic E-state index is 6.20. The Balaban J connectivity index is 0.000000191. The summed E-state index contributed by atoms with van der Waals surface area (Å²) < 4.78 is 23.7. The third kappa shape index (κ3) is 18.3. The van der Waals surface area contributed by atoms with Crippen molar-refractivity contribution >= 4 is 0 Å². The quantitative estimate of drug-likeness (QED) is 0.112. The average Bonchev–Trinajstić information content (AvgIpc) is 3.31. The van der Waals surface area contributed by atoms with Crippen LogP contribution in [0.2, 0.25) is 0 Å². The lowest BCUT2D eigenvalue weighted by atomic mass is 10.1. The maximum Gasteiger partial charge on any atom is 0.127 e. The predicted octanol–water partition coefficient (Wildman–Crippen LogP) is 11.9. The number of nitrogens with one attached hydrogen (secondary N) is 2. The number of hydrogen-bond donors (Lipinski definition) is 2. The summed E-state index contributed by atoms with van der Waals surface area (Å²) in [7, 11) is 6.28. The predicted molar refractivity (Wildman–Crippen MR) is 260 cm³/mol. The molecule has 2 aliphatic heterocycles. The van der Waals surface area contributed by atoms with Crippen LogP contribution >= 0.6 is 0 Å². The largest absolute Gasteiger partial charge is 0.490 e. The standard InChI is InChI=1S/C26H30N2O2.C14H15NO.C13H19NO.C2H6/c1-28-16-14-25(15-17-28)30-26-9-5-6-22(18-26)20-27-19-21-10-12-24(13-11-21)29-23-7-3-2-4-8-23;1-15-11-12-7-9-14(10-8-12)16-13-5-3-2-4-6-13;1-11-4-3-5-13(10-11)15-12-6-8-14(2)9-7-12;1-2/h2-13,18,25,27H,14-17,19-20H2,1H3;2-10,15H,11H2,1H3;3-5,10,12H,6-9H2,1-2H3;1-2H3. The van der Waals surface area contributed by atoms with Crippen molar-refractivity contribution in [2.45, 2.75) is 78.3 Å². The molecule has 2 heterocycles. The highest BCUT2D eigenvalue weighted by atomic mass is 16.5. The SMILES string of the molecule is CC.CN1CCC(Oc2cccc(CNCc3ccc(Oc4ccccc4)cc3)c2)CC1.CNCc1ccc(Oc2ccccc2)cc1.Cc1cccc(OC2CCN(C)CC2)c1. The Morgan fingerprint density at radius 1 is 0.444 bits per heavy atom. The zero-order valence-corrected chi connectivity index (χ0v) is 38.5. The van der Waals surface area contributed by atoms with Gasteiger partial charge in [0.15, 0.2) is 0 Å². The van der Waals surface area contributed by atoms with Gasteiger partial charge in [-0.3, -0.25) is 0 Å². The van der Waals surface area contributed by atoms with Crippen LogP contribution in [0, 0.1) is 6.92 Å². The monoisotopic (exact) mass is 851 g/mol. The van der Waals surface area contributed by atoms with Gasteiger partial charge < -0.3 is 39.4 Å². The van der Waals surface area contributed by atoms with E-state index in [-0.39, 0.29) is 0 Å². The first-order chi connectivity index (χ1) is 30.9. The molecule has 2 fully saturated rings. The van der Waals surface area contributed by atoms with Crippen molar-refractivity contribution < 1.29 is 18.9 Å². The molecule has 2 aliphatic rings. The topological polar surface area (TPSA) is 67.5 Å². The average molecular weight is 851 g/mol. The van der Waals surface area contributed by atoms with Gasteiger partial charge in [-0.15, -0.1) is 0 Å². The highest BCUT2D eigenvalue weighted by molar-refractivity contribution is 5.35. The molecule has 8 rings (SSSR count). The molecule has 0 amide bonds. The van der Waals surface area contributed by atoms with Gasteiger partial charge in [-0.05, 0) is 149 Å². The summed E-state index contributed by atoms with van der Waals surface area (Å²) in [6.45, 7) is 13.1. The van der Waals surface area contributed by atoms with E-state index in [2.05, 4.69) is 108 Å². The van der Waals surface area contributed by atoms with E-state index >= 15 is 0 Å². The molecule has 0 spiro atoms. The van der Waals surface area contributed by atoms with E-state index in [1.54, 1.807) is 0 Å². The molecule has 8 nitrogen and oxygen atoms in total. The molecule has 334 valence electrons. The molecule has 63 heavy (non-hydrogen) atoms. The van der Waals surface area contributed by atoms with Crippen LogP contribution in [-0.4, -0.2) is 69.3 Å². The van der Waals surface area contributed by atoms with Crippen LogP contribution in [0.25, 0.3) is 0 Å². The molecule has 0 bridgehead atoms. The molecule has 6 aromatic carbocycles. The van der Waals surface area contributed by atoms with Crippen molar-refractivity contribution in [3.05, 3.63) is 180 Å². The zero-order valence-electron chi connectivity index (χ0n) is 38.5. The Bertz CT molecular complexity index is 2100. The van der Waals surface area contributed by atoms with Gasteiger partial charge in [0.25, 0.3) is 0 Å². The summed E-state index contributed by atoms with van der Waals surface area (Å²) in [5.41, 5.74) is 4.99. The summed E-state index contributed by atoms with van der Waals surface area (Å²) in [6, 6.07) is 52.7. The van der Waals surface area contributed by atoms with E-state index in [4.69, 9.17) is 18.9 Å². The molecule has 2 N–H and O–H groups in total. The number of piperidine rings is 2. The Labute approximate surface area is 378 Å². The molecule has 0 radical (unpaired) electrons. The minimum absolute atomic E-state index is 0.334. The van der Waals surface area contributed by atoms with Crippen LogP contribution in [0.1, 0.15) is 61.8 Å². The van der Waals surface area contributed by atoms with Crippen molar-refractivity contribution in [1.29, 1.82) is 0 Å². The summed E-state index contributed by atoms with van der Waals surface area (Å²) in [6.07, 6.45) is 5.23. The van der Waals surface area contributed by atoms with E-state index in [0.29, 0.717) is 12.2 Å². The van der Waals surface area contributed by atoms with Crippen LogP contribution in [0.4, 0.5) is 0 Å². The molecular formula is C55H70N4O4. The Morgan fingerprint density at radius 3 is 1.30 bits per heavy atom. The van der Waals surface area contributed by atoms with E-state index in [0.717, 1.165) is 106 Å². The van der Waals surface area contributed by atoms with E-state index in [9.17, 15) is 0 Å². The lowest BCUT2D eigenvalue weighted by Gasteiger charge is -2.29. The number of likely N-dealkylation sites (tertiary alicyclic amines) is 2. The fourth-order valence-electron chi connectivity index (χ4n) is 7.16. The number of hydrogen-bond acceptors (Lipinski definition) is 8. The molecule has 0 aromatic heterocycles. The van der Waals surface area contributed by atoms with Crippen molar-refractivity contribution in [1.82, 2.24) is 20.4 Å². The summed E-state index contributed by atoms with van der Waals surface area (Å²) >= 11 is 0. The second kappa shape index (κ2) is 27.4. The van der Waals surface area contributed by atoms with Gasteiger partial charge >= 0.3 is 0 Å². The number of para-hydroxylation sites is 2. The third-order valence-corrected chi connectivity index (χ3v) is 10.7. The minimum Gasteiger partial charge on any atom is -0.490 e. The van der Waals surface area contributed by atoms with Crippen molar-refractivity contribution in [2.24, 2.45) is 0 Å². The fourth-order valence-corrected chi connectivity index (χ4v) is 7.16. The van der Waals surface area contributed by atoms with Crippen molar-refractivity contribution in [2.75, 3.05) is 47.3 Å². The van der Waals surface area contributed by atoms with Crippen LogP contribution < -0.4 is 29.6 Å². The van der Waals surface area contributed by atoms with Gasteiger partial charge in [0.05, 0.1) is 0 Å². The van der Waals surface area contributed by atoms with Gasteiger partial charge in [0.2, 0.25) is 0 Å². The van der Waals surface area contributed by atoms with Crippen LogP contribution in [0.5, 0.6) is 34.5 Å². The van der Waals surface area contributed by atoms with E-state index in [1.807, 2.05) is 112 Å².